The fraction of sp³-hybridized carbons (Fsp3) is 0.312. The van der Waals surface area contributed by atoms with Crippen molar-refractivity contribution in [3.63, 3.8) is 0 Å². The second kappa shape index (κ2) is 6.95. The second-order valence-electron chi connectivity index (χ2n) is 5.17. The Morgan fingerprint density at radius 2 is 2.05 bits per heavy atom. The molecule has 0 aliphatic rings. The topological polar surface area (TPSA) is 75.1 Å². The van der Waals surface area contributed by atoms with Crippen molar-refractivity contribution in [1.82, 2.24) is 15.3 Å². The van der Waals surface area contributed by atoms with Crippen LogP contribution in [0.2, 0.25) is 0 Å². The van der Waals surface area contributed by atoms with Crippen LogP contribution in [0.5, 0.6) is 0 Å². The summed E-state index contributed by atoms with van der Waals surface area (Å²) >= 11 is 0. The van der Waals surface area contributed by atoms with Crippen LogP contribution in [0.1, 0.15) is 19.5 Å². The number of amides is 1. The zero-order chi connectivity index (χ0) is 15.2. The van der Waals surface area contributed by atoms with Crippen molar-refractivity contribution in [2.75, 3.05) is 6.54 Å². The van der Waals surface area contributed by atoms with Crippen LogP contribution in [-0.4, -0.2) is 33.6 Å². The summed E-state index contributed by atoms with van der Waals surface area (Å²) in [4.78, 5) is 20.3. The fourth-order valence-electron chi connectivity index (χ4n) is 1.71. The largest absolute Gasteiger partial charge is 0.391 e. The monoisotopic (exact) mass is 285 g/mol. The summed E-state index contributed by atoms with van der Waals surface area (Å²) in [5, 5.41) is 12.3. The molecule has 5 nitrogen and oxygen atoms in total. The second-order valence-corrected chi connectivity index (χ2v) is 5.17. The number of para-hydroxylation sites is 2. The molecule has 1 aromatic heterocycles. The first-order valence-corrected chi connectivity index (χ1v) is 6.92. The molecule has 0 saturated carbocycles. The molecule has 1 atom stereocenters. The minimum Gasteiger partial charge on any atom is -0.391 e. The molecule has 1 heterocycles. The average molecular weight is 285 g/mol. The molecule has 5 heteroatoms. The molecule has 0 radical (unpaired) electrons. The lowest BCUT2D eigenvalue weighted by Gasteiger charge is -2.13. The Balaban J connectivity index is 1.97. The van der Waals surface area contributed by atoms with Crippen molar-refractivity contribution in [1.29, 1.82) is 0 Å². The standard InChI is InChI=1S/C16H19N3O2/c1-11(2)15(20)10-18-16(21)8-7-12-9-17-13-5-3-4-6-14(13)19-12/h3-9,11,15,20H,10H2,1-2H3,(H,18,21)/b8-7+. The van der Waals surface area contributed by atoms with E-state index in [1.165, 1.54) is 6.08 Å². The Labute approximate surface area is 123 Å². The van der Waals surface area contributed by atoms with E-state index in [0.29, 0.717) is 5.69 Å². The lowest BCUT2D eigenvalue weighted by molar-refractivity contribution is -0.117. The molecule has 0 fully saturated rings. The molecule has 1 aromatic carbocycles. The van der Waals surface area contributed by atoms with Gasteiger partial charge in [0.15, 0.2) is 0 Å². The van der Waals surface area contributed by atoms with E-state index in [0.717, 1.165) is 11.0 Å². The number of carbonyl (C=O) groups excluding carboxylic acids is 1. The van der Waals surface area contributed by atoms with E-state index in [-0.39, 0.29) is 18.4 Å². The number of aliphatic hydroxyl groups is 1. The van der Waals surface area contributed by atoms with Gasteiger partial charge in [0, 0.05) is 12.6 Å². The molecule has 21 heavy (non-hydrogen) atoms. The first-order chi connectivity index (χ1) is 10.1. The third kappa shape index (κ3) is 4.36. The number of rotatable bonds is 5. The number of carbonyl (C=O) groups is 1. The van der Waals surface area contributed by atoms with Crippen molar-refractivity contribution >= 4 is 23.0 Å². The molecule has 0 aliphatic heterocycles. The van der Waals surface area contributed by atoms with E-state index in [4.69, 9.17) is 0 Å². The summed E-state index contributed by atoms with van der Waals surface area (Å²) < 4.78 is 0. The molecule has 0 aliphatic carbocycles. The van der Waals surface area contributed by atoms with Gasteiger partial charge in [-0.15, -0.1) is 0 Å². The molecule has 1 amide bonds. The van der Waals surface area contributed by atoms with Crippen molar-refractivity contribution in [2.45, 2.75) is 20.0 Å². The number of benzene rings is 1. The molecule has 110 valence electrons. The zero-order valence-electron chi connectivity index (χ0n) is 12.2. The molecular weight excluding hydrogens is 266 g/mol. The van der Waals surface area contributed by atoms with Crippen molar-refractivity contribution in [3.8, 4) is 0 Å². The van der Waals surface area contributed by atoms with Crippen LogP contribution in [0.25, 0.3) is 17.1 Å². The summed E-state index contributed by atoms with van der Waals surface area (Å²) in [5.41, 5.74) is 2.22. The zero-order valence-corrected chi connectivity index (χ0v) is 12.2. The molecular formula is C16H19N3O2. The number of hydrogen-bond donors (Lipinski definition) is 2. The van der Waals surface area contributed by atoms with Crippen LogP contribution >= 0.6 is 0 Å². The Hall–Kier alpha value is -2.27. The van der Waals surface area contributed by atoms with Crippen LogP contribution < -0.4 is 5.32 Å². The first kappa shape index (κ1) is 15.1. The number of aliphatic hydroxyl groups excluding tert-OH is 1. The smallest absolute Gasteiger partial charge is 0.244 e. The molecule has 2 rings (SSSR count). The normalized spacial score (nSPS) is 13.0. The number of nitrogens with one attached hydrogen (secondary N) is 1. The highest BCUT2D eigenvalue weighted by Gasteiger charge is 2.09. The number of fused-ring (bicyclic) bond motifs is 1. The van der Waals surface area contributed by atoms with Gasteiger partial charge in [0.25, 0.3) is 0 Å². The minimum absolute atomic E-state index is 0.112. The van der Waals surface area contributed by atoms with E-state index < -0.39 is 6.10 Å². The Morgan fingerprint density at radius 1 is 1.33 bits per heavy atom. The first-order valence-electron chi connectivity index (χ1n) is 6.92. The highest BCUT2D eigenvalue weighted by Crippen LogP contribution is 2.09. The maximum absolute atomic E-state index is 11.6. The van der Waals surface area contributed by atoms with Gasteiger partial charge in [0.1, 0.15) is 0 Å². The maximum atomic E-state index is 11.6. The van der Waals surface area contributed by atoms with Gasteiger partial charge in [-0.05, 0) is 24.1 Å². The third-order valence-corrected chi connectivity index (χ3v) is 3.13. The molecule has 2 N–H and O–H groups in total. The van der Waals surface area contributed by atoms with Gasteiger partial charge < -0.3 is 10.4 Å². The van der Waals surface area contributed by atoms with Gasteiger partial charge in [-0.1, -0.05) is 26.0 Å². The number of hydrogen-bond acceptors (Lipinski definition) is 4. The van der Waals surface area contributed by atoms with E-state index in [9.17, 15) is 9.90 Å². The summed E-state index contributed by atoms with van der Waals surface area (Å²) in [7, 11) is 0. The van der Waals surface area contributed by atoms with Gasteiger partial charge in [-0.3, -0.25) is 9.78 Å². The Morgan fingerprint density at radius 3 is 2.76 bits per heavy atom. The maximum Gasteiger partial charge on any atom is 0.244 e. The van der Waals surface area contributed by atoms with Crippen molar-refractivity contribution in [3.05, 3.63) is 42.2 Å². The van der Waals surface area contributed by atoms with E-state index in [1.807, 2.05) is 38.1 Å². The highest BCUT2D eigenvalue weighted by atomic mass is 16.3. The number of aromatic nitrogens is 2. The minimum atomic E-state index is -0.539. The van der Waals surface area contributed by atoms with E-state index in [1.54, 1.807) is 12.3 Å². The molecule has 1 unspecified atom stereocenters. The van der Waals surface area contributed by atoms with Gasteiger partial charge in [-0.2, -0.15) is 0 Å². The molecule has 0 saturated heterocycles. The molecule has 2 aromatic rings. The van der Waals surface area contributed by atoms with Gasteiger partial charge >= 0.3 is 0 Å². The SMILES string of the molecule is CC(C)C(O)CNC(=O)/C=C/c1cnc2ccccc2n1. The Bertz CT molecular complexity index is 653. The number of nitrogens with zero attached hydrogens (tertiary/aromatic N) is 2. The molecule has 0 spiro atoms. The van der Waals surface area contributed by atoms with Gasteiger partial charge in [0.05, 0.1) is 29.0 Å². The average Bonchev–Trinajstić information content (AvgIpc) is 2.50. The highest BCUT2D eigenvalue weighted by molar-refractivity contribution is 5.91. The lowest BCUT2D eigenvalue weighted by Crippen LogP contribution is -2.33. The van der Waals surface area contributed by atoms with E-state index >= 15 is 0 Å². The quantitative estimate of drug-likeness (QED) is 0.821. The molecule has 0 bridgehead atoms. The summed E-state index contributed by atoms with van der Waals surface area (Å²) in [6.07, 6.45) is 4.08. The van der Waals surface area contributed by atoms with Crippen LogP contribution in [0, 0.1) is 5.92 Å². The third-order valence-electron chi connectivity index (χ3n) is 3.13. The van der Waals surface area contributed by atoms with Crippen LogP contribution in [0.15, 0.2) is 36.5 Å². The van der Waals surface area contributed by atoms with Gasteiger partial charge in [0.2, 0.25) is 5.91 Å². The van der Waals surface area contributed by atoms with Gasteiger partial charge in [-0.25, -0.2) is 4.98 Å². The Kier molecular flexibility index (Phi) is 5.00. The van der Waals surface area contributed by atoms with Crippen molar-refractivity contribution < 1.29 is 9.90 Å². The summed E-state index contributed by atoms with van der Waals surface area (Å²) in [5.74, 6) is -0.148. The van der Waals surface area contributed by atoms with Crippen LogP contribution in [0.4, 0.5) is 0 Å². The van der Waals surface area contributed by atoms with E-state index in [2.05, 4.69) is 15.3 Å². The fourth-order valence-corrected chi connectivity index (χ4v) is 1.71. The summed E-state index contributed by atoms with van der Waals surface area (Å²) in [6.45, 7) is 4.04. The van der Waals surface area contributed by atoms with Crippen molar-refractivity contribution in [2.24, 2.45) is 5.92 Å². The van der Waals surface area contributed by atoms with Crippen LogP contribution in [0.3, 0.4) is 0 Å². The predicted molar refractivity (Wildman–Crippen MR) is 82.4 cm³/mol. The predicted octanol–water partition coefficient (Wildman–Crippen LogP) is 1.78. The van der Waals surface area contributed by atoms with Crippen LogP contribution in [-0.2, 0) is 4.79 Å². The lowest BCUT2D eigenvalue weighted by atomic mass is 10.1. The summed E-state index contributed by atoms with van der Waals surface area (Å²) in [6, 6.07) is 7.55.